The summed E-state index contributed by atoms with van der Waals surface area (Å²) in [5, 5.41) is 2.58. The summed E-state index contributed by atoms with van der Waals surface area (Å²) in [7, 11) is -3.78. The van der Waals surface area contributed by atoms with E-state index < -0.39 is 28.5 Å². The van der Waals surface area contributed by atoms with Gasteiger partial charge in [-0.25, -0.2) is 8.42 Å². The topological polar surface area (TPSA) is 102 Å². The molecule has 8 nitrogen and oxygen atoms in total. The van der Waals surface area contributed by atoms with Gasteiger partial charge in [-0.2, -0.15) is 4.31 Å². The third-order valence-corrected chi connectivity index (χ3v) is 7.53. The highest BCUT2D eigenvalue weighted by atomic mass is 32.2. The summed E-state index contributed by atoms with van der Waals surface area (Å²) in [6, 6.07) is 4.82. The van der Waals surface area contributed by atoms with Gasteiger partial charge >= 0.3 is 5.97 Å². The molecule has 1 aliphatic carbocycles. The van der Waals surface area contributed by atoms with Crippen LogP contribution in [0.4, 0.5) is 5.69 Å². The first-order valence-corrected chi connectivity index (χ1v) is 11.9. The fraction of sp³-hybridized carbons (Fsp3) is 0.619. The van der Waals surface area contributed by atoms with Crippen molar-refractivity contribution in [2.24, 2.45) is 5.92 Å². The largest absolute Gasteiger partial charge is 0.456 e. The number of amides is 1. The number of aryl methyl sites for hydroxylation is 1. The molecular weight excluding hydrogens is 408 g/mol. The zero-order chi connectivity index (χ0) is 21.6. The summed E-state index contributed by atoms with van der Waals surface area (Å²) in [4.78, 5) is 24.3. The van der Waals surface area contributed by atoms with Gasteiger partial charge in [0.1, 0.15) is 4.90 Å². The molecule has 1 heterocycles. The second-order valence-electron chi connectivity index (χ2n) is 7.91. The van der Waals surface area contributed by atoms with Crippen molar-refractivity contribution in [2.75, 3.05) is 38.2 Å². The van der Waals surface area contributed by atoms with Crippen LogP contribution in [0, 0.1) is 12.8 Å². The highest BCUT2D eigenvalue weighted by Crippen LogP contribution is 2.29. The highest BCUT2D eigenvalue weighted by Gasteiger charge is 2.29. The van der Waals surface area contributed by atoms with Gasteiger partial charge in [-0.1, -0.05) is 31.7 Å². The van der Waals surface area contributed by atoms with E-state index in [1.807, 2.05) is 0 Å². The van der Waals surface area contributed by atoms with E-state index in [0.29, 0.717) is 25.6 Å². The maximum absolute atomic E-state index is 13.1. The molecule has 30 heavy (non-hydrogen) atoms. The van der Waals surface area contributed by atoms with Crippen molar-refractivity contribution in [3.8, 4) is 0 Å². The molecule has 1 saturated carbocycles. The van der Waals surface area contributed by atoms with Crippen LogP contribution in [0.1, 0.15) is 44.1 Å². The van der Waals surface area contributed by atoms with Gasteiger partial charge in [-0.05, 0) is 37.0 Å². The van der Waals surface area contributed by atoms with Crippen LogP contribution in [0.2, 0.25) is 0 Å². The molecule has 2 aliphatic rings. The van der Waals surface area contributed by atoms with Gasteiger partial charge in [-0.3, -0.25) is 9.59 Å². The minimum atomic E-state index is -3.78. The maximum atomic E-state index is 13.1. The van der Waals surface area contributed by atoms with Crippen LogP contribution < -0.4 is 5.32 Å². The summed E-state index contributed by atoms with van der Waals surface area (Å²) in [5.74, 6) is -0.388. The van der Waals surface area contributed by atoms with E-state index in [4.69, 9.17) is 9.47 Å². The molecule has 1 aromatic rings. The van der Waals surface area contributed by atoms with Crippen LogP contribution in [-0.2, 0) is 29.1 Å². The Bertz CT molecular complexity index is 858. The number of nitrogens with one attached hydrogen (secondary N) is 1. The van der Waals surface area contributed by atoms with Crippen molar-refractivity contribution in [1.29, 1.82) is 0 Å². The van der Waals surface area contributed by atoms with E-state index in [0.717, 1.165) is 24.8 Å². The molecule has 1 N–H and O–H groups in total. The molecule has 0 spiro atoms. The van der Waals surface area contributed by atoms with E-state index in [1.165, 1.54) is 23.2 Å². The van der Waals surface area contributed by atoms with Crippen molar-refractivity contribution < 1.29 is 27.5 Å². The quantitative estimate of drug-likeness (QED) is 0.626. The summed E-state index contributed by atoms with van der Waals surface area (Å²) in [6.07, 6.45) is 5.84. The van der Waals surface area contributed by atoms with Crippen molar-refractivity contribution in [2.45, 2.75) is 50.3 Å². The first-order chi connectivity index (χ1) is 14.4. The number of nitrogens with zero attached hydrogens (tertiary/aromatic N) is 1. The second kappa shape index (κ2) is 10.4. The van der Waals surface area contributed by atoms with E-state index in [-0.39, 0.29) is 23.7 Å². The summed E-state index contributed by atoms with van der Waals surface area (Å²) in [5.41, 5.74) is 0.942. The van der Waals surface area contributed by atoms with E-state index in [2.05, 4.69) is 5.32 Å². The average Bonchev–Trinajstić information content (AvgIpc) is 3.26. The lowest BCUT2D eigenvalue weighted by molar-refractivity contribution is -0.147. The molecule has 2 fully saturated rings. The van der Waals surface area contributed by atoms with Crippen molar-refractivity contribution in [1.82, 2.24) is 4.31 Å². The Morgan fingerprint density at radius 3 is 2.60 bits per heavy atom. The number of hydrogen-bond acceptors (Lipinski definition) is 6. The Morgan fingerprint density at radius 2 is 1.90 bits per heavy atom. The standard InChI is InChI=1S/C21H30N2O6S/c1-16-6-8-18(19(14-16)30(26,27)23-10-12-28-13-11-23)22-20(24)15-29-21(25)9-7-17-4-2-3-5-17/h6,8,14,17H,2-5,7,9-13,15H2,1H3,(H,22,24). The Hall–Kier alpha value is -1.97. The summed E-state index contributed by atoms with van der Waals surface area (Å²) < 4.78 is 37.8. The molecule has 0 radical (unpaired) electrons. The van der Waals surface area contributed by atoms with Crippen LogP contribution in [0.5, 0.6) is 0 Å². The van der Waals surface area contributed by atoms with Gasteiger partial charge in [0.05, 0.1) is 18.9 Å². The lowest BCUT2D eigenvalue weighted by Gasteiger charge is -2.27. The number of rotatable bonds is 8. The summed E-state index contributed by atoms with van der Waals surface area (Å²) in [6.45, 7) is 2.56. The minimum Gasteiger partial charge on any atom is -0.456 e. The fourth-order valence-electron chi connectivity index (χ4n) is 3.90. The smallest absolute Gasteiger partial charge is 0.306 e. The molecule has 0 bridgehead atoms. The molecule has 1 amide bonds. The van der Waals surface area contributed by atoms with Crippen molar-refractivity contribution in [3.63, 3.8) is 0 Å². The van der Waals surface area contributed by atoms with Crippen LogP contribution in [0.25, 0.3) is 0 Å². The molecule has 0 aromatic heterocycles. The molecule has 1 aliphatic heterocycles. The molecule has 3 rings (SSSR count). The molecule has 0 unspecified atom stereocenters. The third kappa shape index (κ3) is 6.02. The zero-order valence-electron chi connectivity index (χ0n) is 17.4. The number of sulfonamides is 1. The molecular formula is C21H30N2O6S. The van der Waals surface area contributed by atoms with Crippen LogP contribution in [0.3, 0.4) is 0 Å². The lowest BCUT2D eigenvalue weighted by atomic mass is 10.0. The lowest BCUT2D eigenvalue weighted by Crippen LogP contribution is -2.41. The second-order valence-corrected chi connectivity index (χ2v) is 9.82. The number of anilines is 1. The predicted molar refractivity (Wildman–Crippen MR) is 112 cm³/mol. The number of esters is 1. The van der Waals surface area contributed by atoms with Crippen LogP contribution in [-0.4, -0.2) is 57.5 Å². The van der Waals surface area contributed by atoms with Crippen molar-refractivity contribution >= 4 is 27.6 Å². The molecule has 1 aromatic carbocycles. The van der Waals surface area contributed by atoms with Crippen LogP contribution >= 0.6 is 0 Å². The van der Waals surface area contributed by atoms with Gasteiger partial charge < -0.3 is 14.8 Å². The zero-order valence-corrected chi connectivity index (χ0v) is 18.2. The number of carbonyl (C=O) groups is 2. The SMILES string of the molecule is Cc1ccc(NC(=O)COC(=O)CCC2CCCC2)c(S(=O)(=O)N2CCOCC2)c1. The molecule has 0 atom stereocenters. The van der Waals surface area contributed by atoms with Gasteiger partial charge in [0.2, 0.25) is 10.0 Å². The molecule has 166 valence electrons. The van der Waals surface area contributed by atoms with Gasteiger partial charge in [0.25, 0.3) is 5.91 Å². The van der Waals surface area contributed by atoms with Gasteiger partial charge in [-0.15, -0.1) is 0 Å². The first-order valence-electron chi connectivity index (χ1n) is 10.5. The maximum Gasteiger partial charge on any atom is 0.306 e. The van der Waals surface area contributed by atoms with Gasteiger partial charge in [0, 0.05) is 19.5 Å². The van der Waals surface area contributed by atoms with E-state index in [9.17, 15) is 18.0 Å². The Morgan fingerprint density at radius 1 is 1.20 bits per heavy atom. The highest BCUT2D eigenvalue weighted by molar-refractivity contribution is 7.89. The number of morpholine rings is 1. The number of carbonyl (C=O) groups excluding carboxylic acids is 2. The van der Waals surface area contributed by atoms with E-state index in [1.54, 1.807) is 19.1 Å². The van der Waals surface area contributed by atoms with Crippen LogP contribution in [0.15, 0.2) is 23.1 Å². The average molecular weight is 439 g/mol. The molecule has 1 saturated heterocycles. The predicted octanol–water partition coefficient (Wildman–Crippen LogP) is 2.47. The van der Waals surface area contributed by atoms with Gasteiger partial charge in [0.15, 0.2) is 6.61 Å². The number of benzene rings is 1. The number of hydrogen-bond donors (Lipinski definition) is 1. The Balaban J connectivity index is 1.59. The number of ether oxygens (including phenoxy) is 2. The Kier molecular flexibility index (Phi) is 7.85. The summed E-state index contributed by atoms with van der Waals surface area (Å²) >= 11 is 0. The normalized spacial score (nSPS) is 18.3. The third-order valence-electron chi connectivity index (χ3n) is 5.59. The first kappa shape index (κ1) is 22.7. The minimum absolute atomic E-state index is 0.0327. The van der Waals surface area contributed by atoms with Crippen molar-refractivity contribution in [3.05, 3.63) is 23.8 Å². The van der Waals surface area contributed by atoms with E-state index >= 15 is 0 Å². The Labute approximate surface area is 178 Å². The molecule has 9 heteroatoms. The fourth-order valence-corrected chi connectivity index (χ4v) is 5.54. The monoisotopic (exact) mass is 438 g/mol.